The number of ether oxygens (including phenoxy) is 1. The molecule has 2 aliphatic carbocycles. The quantitative estimate of drug-likeness (QED) is 0.0276. The fourth-order valence-corrected chi connectivity index (χ4v) is 10.4. The Morgan fingerprint density at radius 2 is 1.06 bits per heavy atom. The molecule has 0 radical (unpaired) electrons. The lowest BCUT2D eigenvalue weighted by molar-refractivity contribution is 0.0976. The first kappa shape index (κ1) is 76.0. The molecule has 6 atom stereocenters. The number of rotatable bonds is 20. The molecular formula is C62H80F2N10O11P2. The summed E-state index contributed by atoms with van der Waals surface area (Å²) in [5, 5.41) is 40.8. The molecule has 0 spiro atoms. The molecule has 6 aromatic rings. The molecule has 8 rings (SSSR count). The summed E-state index contributed by atoms with van der Waals surface area (Å²) in [4.78, 5) is 69.7. The van der Waals surface area contributed by atoms with E-state index in [1.807, 2.05) is 30.3 Å². The van der Waals surface area contributed by atoms with Gasteiger partial charge in [0.15, 0.2) is 11.6 Å². The van der Waals surface area contributed by atoms with Crippen LogP contribution in [0, 0.1) is 34.3 Å². The Balaban J connectivity index is 0.000000722. The summed E-state index contributed by atoms with van der Waals surface area (Å²) in [6.45, 7) is 6.67. The van der Waals surface area contributed by atoms with Crippen molar-refractivity contribution in [1.82, 2.24) is 25.9 Å². The van der Waals surface area contributed by atoms with Gasteiger partial charge in [0.2, 0.25) is 14.7 Å². The molecule has 0 saturated heterocycles. The van der Waals surface area contributed by atoms with Gasteiger partial charge in [0, 0.05) is 92.9 Å². The number of para-hydroxylation sites is 2. The fourth-order valence-electron chi connectivity index (χ4n) is 8.07. The van der Waals surface area contributed by atoms with Crippen molar-refractivity contribution in [3.05, 3.63) is 167 Å². The molecule has 2 saturated carbocycles. The lowest BCUT2D eigenvalue weighted by Crippen LogP contribution is -2.32. The zero-order valence-electron chi connectivity index (χ0n) is 45.1. The number of nitrogens with two attached hydrogens (primary N) is 1. The second-order valence-electron chi connectivity index (χ2n) is 18.8. The standard InChI is InChI=1S/C29H29FN5O6P.C19H17FN4O3.C9H14NO2P.5CH4/c1-3-24(36)20-10-11-22(30)26(21-15-23(21)34-28(37)35-25-12-9-18(16-31)17-33-25)27(20)40-29(38)32-13-14-42(2,39)41-19-7-5-4-6-8-19;1-2-15(25)11-4-5-13(20)17(18(11)26)12-7-14(12)23-19(27)24-16-6-3-10(8-21)9-22-16;1-13(11,8-7-10)12-9-5-3-2-4-6-9;;;;;/h4-12,17,21,23H,3,13-15H2,1-2H3,(H,32,38)(H2,33,34,35,37);3-6,9,12,14,26H,2,7H2,1H3,(H2,22,23,24,27);2-6H,7-8,10H2,1H3;5*1H4/t21-,23+,42?;12-,14+;;;;;;/m11....../s1. The zero-order valence-corrected chi connectivity index (χ0v) is 46.8. The van der Waals surface area contributed by atoms with E-state index in [1.165, 1.54) is 55.5 Å². The van der Waals surface area contributed by atoms with Gasteiger partial charge in [0.1, 0.15) is 58.4 Å². The molecule has 25 heteroatoms. The number of amides is 5. The minimum atomic E-state index is -3.11. The summed E-state index contributed by atoms with van der Waals surface area (Å²) < 4.78 is 70.2. The van der Waals surface area contributed by atoms with E-state index in [9.17, 15) is 42.6 Å². The van der Waals surface area contributed by atoms with Crippen LogP contribution in [0.1, 0.15) is 131 Å². The molecule has 468 valence electrons. The van der Waals surface area contributed by atoms with Crippen LogP contribution < -0.4 is 46.1 Å². The Hall–Kier alpha value is -9.01. The summed E-state index contributed by atoms with van der Waals surface area (Å²) >= 11 is 0. The number of hydrogen-bond donors (Lipinski definition) is 7. The number of aromatic hydroxyl groups is 1. The van der Waals surface area contributed by atoms with Gasteiger partial charge in [-0.05, 0) is 85.6 Å². The van der Waals surface area contributed by atoms with E-state index < -0.39 is 62.4 Å². The van der Waals surface area contributed by atoms with Crippen molar-refractivity contribution in [2.75, 3.05) is 49.4 Å². The predicted octanol–water partition coefficient (Wildman–Crippen LogP) is 13.6. The van der Waals surface area contributed by atoms with E-state index in [1.54, 1.807) is 63.0 Å². The van der Waals surface area contributed by atoms with E-state index in [4.69, 9.17) is 30.0 Å². The first-order valence-corrected chi connectivity index (χ1v) is 30.2. The van der Waals surface area contributed by atoms with Crippen molar-refractivity contribution in [2.45, 2.75) is 101 Å². The number of nitrogens with one attached hydrogen (secondary N) is 5. The number of Topliss-reactive ketones (excluding diaryl/α,β-unsaturated/α-hetero) is 2. The number of halogens is 2. The highest BCUT2D eigenvalue weighted by atomic mass is 31.2. The van der Waals surface area contributed by atoms with Gasteiger partial charge in [-0.2, -0.15) is 10.5 Å². The van der Waals surface area contributed by atoms with Crippen LogP contribution in [0.2, 0.25) is 0 Å². The molecule has 2 heterocycles. The molecule has 2 unspecified atom stereocenters. The van der Waals surface area contributed by atoms with Crippen LogP contribution in [0.4, 0.5) is 34.8 Å². The first-order valence-electron chi connectivity index (χ1n) is 25.7. The molecule has 0 aliphatic heterocycles. The van der Waals surface area contributed by atoms with Gasteiger partial charge in [-0.1, -0.05) is 87.4 Å². The minimum Gasteiger partial charge on any atom is -0.507 e. The first-order chi connectivity index (χ1) is 39.2. The molecule has 21 nitrogen and oxygen atoms in total. The third-order valence-corrected chi connectivity index (χ3v) is 15.7. The van der Waals surface area contributed by atoms with E-state index in [0.717, 1.165) is 12.1 Å². The van der Waals surface area contributed by atoms with Crippen LogP contribution in [-0.2, 0) is 9.13 Å². The third kappa shape index (κ3) is 22.7. The van der Waals surface area contributed by atoms with Gasteiger partial charge < -0.3 is 40.6 Å². The summed E-state index contributed by atoms with van der Waals surface area (Å²) in [5.41, 5.74) is 6.20. The number of carbonyl (C=O) groups is 5. The number of pyridine rings is 2. The van der Waals surface area contributed by atoms with Crippen molar-refractivity contribution >= 4 is 56.1 Å². The smallest absolute Gasteiger partial charge is 0.412 e. The predicted molar refractivity (Wildman–Crippen MR) is 336 cm³/mol. The number of benzene rings is 4. The Morgan fingerprint density at radius 3 is 1.48 bits per heavy atom. The molecule has 2 aromatic heterocycles. The number of nitrogens with zero attached hydrogens (tertiary/aromatic N) is 4. The monoisotopic (exact) mass is 1240 g/mol. The number of hydrogen-bond acceptors (Lipinski definition) is 16. The molecule has 87 heavy (non-hydrogen) atoms. The Morgan fingerprint density at radius 1 is 0.632 bits per heavy atom. The molecule has 0 bridgehead atoms. The topological polar surface area (TPSA) is 327 Å². The number of phenols is 1. The van der Waals surface area contributed by atoms with Crippen LogP contribution in [-0.4, -0.2) is 95.6 Å². The van der Waals surface area contributed by atoms with Gasteiger partial charge in [0.25, 0.3) is 0 Å². The van der Waals surface area contributed by atoms with Crippen LogP contribution in [0.25, 0.3) is 0 Å². The molecule has 8 N–H and O–H groups in total. The van der Waals surface area contributed by atoms with Gasteiger partial charge in [0.05, 0.1) is 28.4 Å². The number of aromatic nitrogens is 2. The molecule has 2 aliphatic rings. The van der Waals surface area contributed by atoms with Crippen LogP contribution >= 0.6 is 14.7 Å². The van der Waals surface area contributed by atoms with E-state index in [-0.39, 0.29) is 126 Å². The lowest BCUT2D eigenvalue weighted by Gasteiger charge is -2.17. The van der Waals surface area contributed by atoms with Crippen molar-refractivity contribution in [1.29, 1.82) is 10.5 Å². The number of ketones is 2. The summed E-state index contributed by atoms with van der Waals surface area (Å²) in [6.07, 6.45) is 3.18. The Kier molecular flexibility index (Phi) is 31.0. The van der Waals surface area contributed by atoms with Crippen LogP contribution in [0.3, 0.4) is 0 Å². The van der Waals surface area contributed by atoms with E-state index >= 15 is 4.39 Å². The second kappa shape index (κ2) is 35.4. The van der Waals surface area contributed by atoms with Crippen LogP contribution in [0.15, 0.2) is 122 Å². The van der Waals surface area contributed by atoms with Crippen molar-refractivity contribution in [3.8, 4) is 35.1 Å². The molecular weight excluding hydrogens is 1160 g/mol. The largest absolute Gasteiger partial charge is 0.507 e. The number of carbonyl (C=O) groups excluding carboxylic acids is 5. The second-order valence-corrected chi connectivity index (χ2v) is 24.1. The lowest BCUT2D eigenvalue weighted by atomic mass is 10.00. The van der Waals surface area contributed by atoms with Gasteiger partial charge in [-0.3, -0.25) is 29.4 Å². The third-order valence-electron chi connectivity index (χ3n) is 12.4. The van der Waals surface area contributed by atoms with Gasteiger partial charge in [-0.25, -0.2) is 33.1 Å². The van der Waals surface area contributed by atoms with Crippen molar-refractivity contribution < 1.29 is 60.8 Å². The highest BCUT2D eigenvalue weighted by Gasteiger charge is 2.45. The summed E-state index contributed by atoms with van der Waals surface area (Å²) in [6, 6.07) is 30.4. The summed E-state index contributed by atoms with van der Waals surface area (Å²) in [7, 11) is -5.65. The highest BCUT2D eigenvalue weighted by Crippen LogP contribution is 2.49. The highest BCUT2D eigenvalue weighted by molar-refractivity contribution is 7.58. The van der Waals surface area contributed by atoms with Gasteiger partial charge >= 0.3 is 18.2 Å². The number of nitriles is 2. The normalized spacial score (nSPS) is 15.8. The maximum Gasteiger partial charge on any atom is 0.412 e. The van der Waals surface area contributed by atoms with E-state index in [2.05, 4.69) is 36.6 Å². The minimum absolute atomic E-state index is 0. The molecule has 2 fully saturated rings. The van der Waals surface area contributed by atoms with Crippen LogP contribution in [0.5, 0.6) is 23.0 Å². The average Bonchev–Trinajstić information content (AvgIpc) is 1.76. The fraction of sp³-hybridized carbons (Fsp3) is 0.339. The molecule has 5 amide bonds. The number of anilines is 2. The van der Waals surface area contributed by atoms with Crippen molar-refractivity contribution in [2.24, 2.45) is 5.73 Å². The number of phenolic OH excluding ortho intramolecular Hbond substituents is 1. The average molecular weight is 1240 g/mol. The molecule has 4 aromatic carbocycles. The van der Waals surface area contributed by atoms with Crippen molar-refractivity contribution in [3.63, 3.8) is 0 Å². The SMILES string of the molecule is C.C.C.C.C.CCC(=O)c1ccc(F)c([C@@H]2C[C@@H]2NC(=O)Nc2ccc(C#N)cn2)c1O.CCC(=O)c1ccc(F)c([C@@H]2C[C@@H]2NC(=O)Nc2ccc(C#N)cn2)c1OC(=O)NCCP(C)(=O)Oc1ccccc1.CP(=O)(CCN)Oc1ccccc1. The van der Waals surface area contributed by atoms with E-state index in [0.29, 0.717) is 48.2 Å². The Labute approximate surface area is 508 Å². The maximum atomic E-state index is 15.1. The summed E-state index contributed by atoms with van der Waals surface area (Å²) in [5.74, 6) is -1.91. The number of urea groups is 2. The maximum absolute atomic E-state index is 15.1. The van der Waals surface area contributed by atoms with Gasteiger partial charge in [-0.15, -0.1) is 0 Å². The Bertz CT molecular complexity index is 3450. The zero-order chi connectivity index (χ0) is 59.6.